The van der Waals surface area contributed by atoms with Gasteiger partial charge in [0.15, 0.2) is 6.61 Å². The topological polar surface area (TPSA) is 73.6 Å². The van der Waals surface area contributed by atoms with Gasteiger partial charge < -0.3 is 20.5 Å². The van der Waals surface area contributed by atoms with E-state index in [4.69, 9.17) is 15.2 Å². The van der Waals surface area contributed by atoms with E-state index in [-0.39, 0.29) is 12.7 Å². The SMILES string of the molecule is CCOC(C)CNCc1ccc(OCC(N)=O)cc1. The summed E-state index contributed by atoms with van der Waals surface area (Å²) in [5.74, 6) is 0.167. The Labute approximate surface area is 114 Å². The second-order valence-electron chi connectivity index (χ2n) is 4.30. The monoisotopic (exact) mass is 266 g/mol. The predicted molar refractivity (Wildman–Crippen MR) is 73.9 cm³/mol. The van der Waals surface area contributed by atoms with E-state index in [9.17, 15) is 4.79 Å². The summed E-state index contributed by atoms with van der Waals surface area (Å²) in [4.78, 5) is 10.6. The van der Waals surface area contributed by atoms with Crippen molar-refractivity contribution in [3.8, 4) is 5.75 Å². The molecule has 0 saturated carbocycles. The molecule has 1 rings (SSSR count). The molecule has 5 nitrogen and oxygen atoms in total. The van der Waals surface area contributed by atoms with Crippen LogP contribution in [-0.4, -0.2) is 31.8 Å². The lowest BCUT2D eigenvalue weighted by Crippen LogP contribution is -2.26. The van der Waals surface area contributed by atoms with Crippen molar-refractivity contribution in [1.82, 2.24) is 5.32 Å². The van der Waals surface area contributed by atoms with Crippen molar-refractivity contribution in [2.75, 3.05) is 19.8 Å². The van der Waals surface area contributed by atoms with Crippen LogP contribution in [0.25, 0.3) is 0 Å². The van der Waals surface area contributed by atoms with E-state index >= 15 is 0 Å². The first kappa shape index (κ1) is 15.5. The summed E-state index contributed by atoms with van der Waals surface area (Å²) in [6, 6.07) is 7.56. The van der Waals surface area contributed by atoms with Gasteiger partial charge in [-0.1, -0.05) is 12.1 Å². The van der Waals surface area contributed by atoms with E-state index in [0.29, 0.717) is 5.75 Å². The van der Waals surface area contributed by atoms with Crippen LogP contribution < -0.4 is 15.8 Å². The molecule has 1 aromatic rings. The summed E-state index contributed by atoms with van der Waals surface area (Å²) in [5, 5.41) is 3.32. The van der Waals surface area contributed by atoms with Crippen LogP contribution in [0.2, 0.25) is 0 Å². The fraction of sp³-hybridized carbons (Fsp3) is 0.500. The quantitative estimate of drug-likeness (QED) is 0.701. The number of carbonyl (C=O) groups is 1. The molecule has 0 aliphatic rings. The fourth-order valence-corrected chi connectivity index (χ4v) is 1.62. The number of ether oxygens (including phenoxy) is 2. The Morgan fingerprint density at radius 1 is 1.37 bits per heavy atom. The predicted octanol–water partition coefficient (Wildman–Crippen LogP) is 1.07. The Kier molecular flexibility index (Phi) is 6.92. The molecule has 1 amide bonds. The molecule has 1 aromatic carbocycles. The van der Waals surface area contributed by atoms with E-state index in [2.05, 4.69) is 5.32 Å². The average molecular weight is 266 g/mol. The number of nitrogens with two attached hydrogens (primary N) is 1. The van der Waals surface area contributed by atoms with Crippen LogP contribution in [-0.2, 0) is 16.1 Å². The van der Waals surface area contributed by atoms with Gasteiger partial charge in [-0.3, -0.25) is 4.79 Å². The van der Waals surface area contributed by atoms with E-state index in [1.165, 1.54) is 0 Å². The maximum absolute atomic E-state index is 10.6. The van der Waals surface area contributed by atoms with E-state index in [0.717, 1.165) is 25.3 Å². The molecule has 0 aromatic heterocycles. The van der Waals surface area contributed by atoms with Gasteiger partial charge in [-0.2, -0.15) is 0 Å². The minimum Gasteiger partial charge on any atom is -0.484 e. The van der Waals surface area contributed by atoms with Gasteiger partial charge in [0.2, 0.25) is 0 Å². The minimum absolute atomic E-state index is 0.0938. The smallest absolute Gasteiger partial charge is 0.255 e. The van der Waals surface area contributed by atoms with Crippen molar-refractivity contribution < 1.29 is 14.3 Å². The summed E-state index contributed by atoms with van der Waals surface area (Å²) >= 11 is 0. The molecule has 0 fully saturated rings. The van der Waals surface area contributed by atoms with Gasteiger partial charge in [-0.05, 0) is 31.5 Å². The van der Waals surface area contributed by atoms with Gasteiger partial charge in [0.25, 0.3) is 5.91 Å². The zero-order chi connectivity index (χ0) is 14.1. The molecule has 1 atom stereocenters. The molecule has 19 heavy (non-hydrogen) atoms. The number of nitrogens with one attached hydrogen (secondary N) is 1. The number of primary amides is 1. The van der Waals surface area contributed by atoms with Gasteiger partial charge in [-0.25, -0.2) is 0 Å². The Morgan fingerprint density at radius 3 is 2.63 bits per heavy atom. The largest absolute Gasteiger partial charge is 0.484 e. The number of carbonyl (C=O) groups excluding carboxylic acids is 1. The third-order valence-corrected chi connectivity index (χ3v) is 2.52. The first-order chi connectivity index (χ1) is 9.11. The molecule has 3 N–H and O–H groups in total. The molecule has 1 unspecified atom stereocenters. The molecular formula is C14H22N2O3. The van der Waals surface area contributed by atoms with Crippen molar-refractivity contribution in [2.45, 2.75) is 26.5 Å². The van der Waals surface area contributed by atoms with Gasteiger partial charge in [0.05, 0.1) is 6.10 Å². The highest BCUT2D eigenvalue weighted by molar-refractivity contribution is 5.75. The van der Waals surface area contributed by atoms with Crippen molar-refractivity contribution >= 4 is 5.91 Å². The molecule has 0 aliphatic carbocycles. The highest BCUT2D eigenvalue weighted by Crippen LogP contribution is 2.11. The Morgan fingerprint density at radius 2 is 2.05 bits per heavy atom. The molecule has 0 spiro atoms. The van der Waals surface area contributed by atoms with Gasteiger partial charge >= 0.3 is 0 Å². The fourth-order valence-electron chi connectivity index (χ4n) is 1.62. The van der Waals surface area contributed by atoms with Crippen molar-refractivity contribution in [3.63, 3.8) is 0 Å². The van der Waals surface area contributed by atoms with Crippen molar-refractivity contribution in [3.05, 3.63) is 29.8 Å². The van der Waals surface area contributed by atoms with Crippen LogP contribution in [0, 0.1) is 0 Å². The summed E-state index contributed by atoms with van der Waals surface area (Å²) in [5.41, 5.74) is 6.15. The lowest BCUT2D eigenvalue weighted by molar-refractivity contribution is -0.119. The maximum atomic E-state index is 10.6. The molecule has 106 valence electrons. The van der Waals surface area contributed by atoms with Gasteiger partial charge in [0.1, 0.15) is 5.75 Å². The number of benzene rings is 1. The van der Waals surface area contributed by atoms with Gasteiger partial charge in [-0.15, -0.1) is 0 Å². The third kappa shape index (κ3) is 6.79. The van der Waals surface area contributed by atoms with Crippen LogP contribution >= 0.6 is 0 Å². The lowest BCUT2D eigenvalue weighted by atomic mass is 10.2. The van der Waals surface area contributed by atoms with E-state index in [1.807, 2.05) is 38.1 Å². The van der Waals surface area contributed by atoms with Crippen LogP contribution in [0.4, 0.5) is 0 Å². The lowest BCUT2D eigenvalue weighted by Gasteiger charge is -2.12. The third-order valence-electron chi connectivity index (χ3n) is 2.52. The van der Waals surface area contributed by atoms with Crippen LogP contribution in [0.3, 0.4) is 0 Å². The zero-order valence-corrected chi connectivity index (χ0v) is 11.5. The molecule has 5 heteroatoms. The molecule has 0 radical (unpaired) electrons. The molecule has 0 saturated heterocycles. The summed E-state index contributed by atoms with van der Waals surface area (Å²) < 4.78 is 10.6. The summed E-state index contributed by atoms with van der Waals surface area (Å²) in [7, 11) is 0. The van der Waals surface area contributed by atoms with Crippen LogP contribution in [0.1, 0.15) is 19.4 Å². The summed E-state index contributed by atoms with van der Waals surface area (Å²) in [6.45, 7) is 6.25. The standard InChI is InChI=1S/C14H22N2O3/c1-3-18-11(2)8-16-9-12-4-6-13(7-5-12)19-10-14(15)17/h4-7,11,16H,3,8-10H2,1-2H3,(H2,15,17). The molecular weight excluding hydrogens is 244 g/mol. The first-order valence-corrected chi connectivity index (χ1v) is 6.44. The number of amides is 1. The Hall–Kier alpha value is -1.59. The molecule has 0 aliphatic heterocycles. The Balaban J connectivity index is 2.29. The summed E-state index contributed by atoms with van der Waals surface area (Å²) in [6.07, 6.45) is 0.211. The normalized spacial score (nSPS) is 12.1. The Bertz CT molecular complexity index is 379. The number of rotatable bonds is 9. The van der Waals surface area contributed by atoms with Crippen LogP contribution in [0.5, 0.6) is 5.75 Å². The number of hydrogen-bond acceptors (Lipinski definition) is 4. The molecule has 0 heterocycles. The second kappa shape index (κ2) is 8.50. The minimum atomic E-state index is -0.476. The van der Waals surface area contributed by atoms with E-state index < -0.39 is 5.91 Å². The maximum Gasteiger partial charge on any atom is 0.255 e. The van der Waals surface area contributed by atoms with Crippen molar-refractivity contribution in [2.24, 2.45) is 5.73 Å². The zero-order valence-electron chi connectivity index (χ0n) is 11.5. The highest BCUT2D eigenvalue weighted by atomic mass is 16.5. The first-order valence-electron chi connectivity index (χ1n) is 6.44. The van der Waals surface area contributed by atoms with Crippen molar-refractivity contribution in [1.29, 1.82) is 0 Å². The number of hydrogen-bond donors (Lipinski definition) is 2. The van der Waals surface area contributed by atoms with Crippen LogP contribution in [0.15, 0.2) is 24.3 Å². The average Bonchev–Trinajstić information content (AvgIpc) is 2.38. The molecule has 0 bridgehead atoms. The van der Waals surface area contributed by atoms with E-state index in [1.54, 1.807) is 0 Å². The van der Waals surface area contributed by atoms with Gasteiger partial charge in [0, 0.05) is 19.7 Å². The second-order valence-corrected chi connectivity index (χ2v) is 4.30. The highest BCUT2D eigenvalue weighted by Gasteiger charge is 2.01.